The minimum atomic E-state index is 0.244. The van der Waals surface area contributed by atoms with Crippen LogP contribution in [0.4, 0.5) is 0 Å². The summed E-state index contributed by atoms with van der Waals surface area (Å²) in [5.74, 6) is 0.513. The van der Waals surface area contributed by atoms with E-state index in [1.165, 1.54) is 6.42 Å². The van der Waals surface area contributed by atoms with Crippen LogP contribution in [0.2, 0.25) is 0 Å². The Morgan fingerprint density at radius 2 is 2.12 bits per heavy atom. The fraction of sp³-hybridized carbons (Fsp3) is 0.462. The molecule has 86 valence electrons. The van der Waals surface area contributed by atoms with Crippen LogP contribution < -0.4 is 5.32 Å². The minimum absolute atomic E-state index is 0.244. The van der Waals surface area contributed by atoms with Gasteiger partial charge in [-0.15, -0.1) is 0 Å². The number of nitrogens with one attached hydrogen (secondary N) is 1. The molecule has 0 saturated carbocycles. The molecule has 0 radical (unpaired) electrons. The van der Waals surface area contributed by atoms with Gasteiger partial charge in [0.2, 0.25) is 0 Å². The molecule has 16 heavy (non-hydrogen) atoms. The summed E-state index contributed by atoms with van der Waals surface area (Å²) < 4.78 is 0. The van der Waals surface area contributed by atoms with E-state index in [1.54, 1.807) is 24.3 Å². The van der Waals surface area contributed by atoms with E-state index in [-0.39, 0.29) is 11.5 Å². The average Bonchev–Trinajstić information content (AvgIpc) is 2.74. The number of phenols is 1. The van der Waals surface area contributed by atoms with E-state index in [1.807, 2.05) is 0 Å². The Hall–Kier alpha value is -1.35. The van der Waals surface area contributed by atoms with Crippen LogP contribution in [0.15, 0.2) is 24.3 Å². The van der Waals surface area contributed by atoms with Gasteiger partial charge in [0, 0.05) is 18.9 Å². The molecule has 1 aromatic rings. The summed E-state index contributed by atoms with van der Waals surface area (Å²) >= 11 is 0. The zero-order chi connectivity index (χ0) is 11.4. The summed E-state index contributed by atoms with van der Waals surface area (Å²) in [5.41, 5.74) is 0.973. The van der Waals surface area contributed by atoms with Crippen LogP contribution in [0.5, 0.6) is 5.75 Å². The van der Waals surface area contributed by atoms with Crippen molar-refractivity contribution in [2.75, 3.05) is 6.54 Å². The third kappa shape index (κ3) is 3.07. The summed E-state index contributed by atoms with van der Waals surface area (Å²) in [7, 11) is 0. The standard InChI is InChI=1S/C13H17NO2/c15-12-5-3-10(4-6-12)8-13(16)9-11-2-1-7-14-11/h3-6,11,14-15H,1-2,7-9H2. The lowest BCUT2D eigenvalue weighted by molar-refractivity contribution is -0.118. The number of Topliss-reactive ketones (excluding diaryl/α,β-unsaturated/α-hetero) is 1. The molecule has 1 saturated heterocycles. The quantitative estimate of drug-likeness (QED) is 0.809. The van der Waals surface area contributed by atoms with Crippen LogP contribution in [0.3, 0.4) is 0 Å². The molecule has 1 aliphatic rings. The molecule has 3 nitrogen and oxygen atoms in total. The van der Waals surface area contributed by atoms with Gasteiger partial charge in [0.1, 0.15) is 11.5 Å². The molecule has 1 atom stereocenters. The number of hydrogen-bond acceptors (Lipinski definition) is 3. The largest absolute Gasteiger partial charge is 0.508 e. The topological polar surface area (TPSA) is 49.3 Å². The molecule has 1 aliphatic heterocycles. The van der Waals surface area contributed by atoms with Gasteiger partial charge in [-0.1, -0.05) is 12.1 Å². The lowest BCUT2D eigenvalue weighted by Gasteiger charge is -2.08. The number of carbonyl (C=O) groups excluding carboxylic acids is 1. The molecule has 0 aromatic heterocycles. The second kappa shape index (κ2) is 5.12. The van der Waals surface area contributed by atoms with Crippen LogP contribution in [-0.2, 0) is 11.2 Å². The number of benzene rings is 1. The van der Waals surface area contributed by atoms with Crippen molar-refractivity contribution >= 4 is 5.78 Å². The summed E-state index contributed by atoms with van der Waals surface area (Å²) in [4.78, 5) is 11.8. The SMILES string of the molecule is O=C(Cc1ccc(O)cc1)CC1CCCN1. The third-order valence-corrected chi connectivity index (χ3v) is 2.97. The van der Waals surface area contributed by atoms with Crippen LogP contribution in [-0.4, -0.2) is 23.5 Å². The van der Waals surface area contributed by atoms with Crippen LogP contribution in [0.1, 0.15) is 24.8 Å². The van der Waals surface area contributed by atoms with E-state index < -0.39 is 0 Å². The van der Waals surface area contributed by atoms with Crippen molar-refractivity contribution in [2.24, 2.45) is 0 Å². The first-order valence-corrected chi connectivity index (χ1v) is 5.77. The molecule has 1 aromatic carbocycles. The molecule has 1 heterocycles. The Morgan fingerprint density at radius 3 is 2.75 bits per heavy atom. The number of ketones is 1. The zero-order valence-corrected chi connectivity index (χ0v) is 9.28. The maximum atomic E-state index is 11.8. The number of aromatic hydroxyl groups is 1. The highest BCUT2D eigenvalue weighted by Crippen LogP contribution is 2.13. The third-order valence-electron chi connectivity index (χ3n) is 2.97. The van der Waals surface area contributed by atoms with E-state index >= 15 is 0 Å². The first kappa shape index (κ1) is 11.1. The molecule has 3 heteroatoms. The van der Waals surface area contributed by atoms with Gasteiger partial charge in [0.25, 0.3) is 0 Å². The fourth-order valence-electron chi connectivity index (χ4n) is 2.12. The predicted molar refractivity (Wildman–Crippen MR) is 62.5 cm³/mol. The van der Waals surface area contributed by atoms with Crippen molar-refractivity contribution < 1.29 is 9.90 Å². The number of rotatable bonds is 4. The highest BCUT2D eigenvalue weighted by atomic mass is 16.3. The van der Waals surface area contributed by atoms with Crippen molar-refractivity contribution in [3.05, 3.63) is 29.8 Å². The van der Waals surface area contributed by atoms with E-state index in [0.717, 1.165) is 18.5 Å². The van der Waals surface area contributed by atoms with E-state index in [2.05, 4.69) is 5.32 Å². The molecule has 1 unspecified atom stereocenters. The van der Waals surface area contributed by atoms with Gasteiger partial charge in [-0.25, -0.2) is 0 Å². The smallest absolute Gasteiger partial charge is 0.138 e. The van der Waals surface area contributed by atoms with Crippen molar-refractivity contribution in [3.8, 4) is 5.75 Å². The van der Waals surface area contributed by atoms with Gasteiger partial charge < -0.3 is 10.4 Å². The van der Waals surface area contributed by atoms with Crippen molar-refractivity contribution in [2.45, 2.75) is 31.7 Å². The molecule has 0 amide bonds. The van der Waals surface area contributed by atoms with E-state index in [9.17, 15) is 4.79 Å². The number of hydrogen-bond donors (Lipinski definition) is 2. The maximum absolute atomic E-state index is 11.8. The Bertz CT molecular complexity index is 353. The van der Waals surface area contributed by atoms with Crippen molar-refractivity contribution in [1.29, 1.82) is 0 Å². The van der Waals surface area contributed by atoms with E-state index in [0.29, 0.717) is 18.9 Å². The van der Waals surface area contributed by atoms with Crippen molar-refractivity contribution in [1.82, 2.24) is 5.32 Å². The van der Waals surface area contributed by atoms with Crippen LogP contribution >= 0.6 is 0 Å². The monoisotopic (exact) mass is 219 g/mol. The second-order valence-electron chi connectivity index (χ2n) is 4.38. The van der Waals surface area contributed by atoms with E-state index in [4.69, 9.17) is 5.11 Å². The predicted octanol–water partition coefficient (Wildman–Crippen LogP) is 1.65. The summed E-state index contributed by atoms with van der Waals surface area (Å²) in [6.07, 6.45) is 3.39. The molecular weight excluding hydrogens is 202 g/mol. The molecule has 0 bridgehead atoms. The Morgan fingerprint density at radius 1 is 1.38 bits per heavy atom. The first-order chi connectivity index (χ1) is 7.74. The minimum Gasteiger partial charge on any atom is -0.508 e. The molecule has 0 aliphatic carbocycles. The Labute approximate surface area is 95.5 Å². The van der Waals surface area contributed by atoms with Crippen LogP contribution in [0.25, 0.3) is 0 Å². The van der Waals surface area contributed by atoms with Gasteiger partial charge in [0.15, 0.2) is 0 Å². The first-order valence-electron chi connectivity index (χ1n) is 5.77. The number of carbonyl (C=O) groups is 1. The van der Waals surface area contributed by atoms with Gasteiger partial charge in [-0.3, -0.25) is 4.79 Å². The van der Waals surface area contributed by atoms with Crippen LogP contribution in [0, 0.1) is 0 Å². The van der Waals surface area contributed by atoms with Gasteiger partial charge in [-0.2, -0.15) is 0 Å². The Kier molecular flexibility index (Phi) is 3.57. The molecule has 2 N–H and O–H groups in total. The highest BCUT2D eigenvalue weighted by molar-refractivity contribution is 5.81. The van der Waals surface area contributed by atoms with Gasteiger partial charge in [-0.05, 0) is 37.1 Å². The average molecular weight is 219 g/mol. The highest BCUT2D eigenvalue weighted by Gasteiger charge is 2.17. The molecule has 1 fully saturated rings. The second-order valence-corrected chi connectivity index (χ2v) is 4.38. The normalized spacial score (nSPS) is 19.9. The maximum Gasteiger partial charge on any atom is 0.138 e. The zero-order valence-electron chi connectivity index (χ0n) is 9.28. The summed E-state index contributed by atoms with van der Waals surface area (Å²) in [6.45, 7) is 1.04. The summed E-state index contributed by atoms with van der Waals surface area (Å²) in [6, 6.07) is 7.22. The summed E-state index contributed by atoms with van der Waals surface area (Å²) in [5, 5.41) is 12.4. The lowest BCUT2D eigenvalue weighted by atomic mass is 10.0. The van der Waals surface area contributed by atoms with Gasteiger partial charge >= 0.3 is 0 Å². The van der Waals surface area contributed by atoms with Gasteiger partial charge in [0.05, 0.1) is 0 Å². The lowest BCUT2D eigenvalue weighted by Crippen LogP contribution is -2.25. The molecule has 2 rings (SSSR count). The van der Waals surface area contributed by atoms with Crippen molar-refractivity contribution in [3.63, 3.8) is 0 Å². The number of phenolic OH excluding ortho intramolecular Hbond substituents is 1. The molecular formula is C13H17NO2. The Balaban J connectivity index is 1.84. The molecule has 0 spiro atoms. The fourth-order valence-corrected chi connectivity index (χ4v) is 2.12.